The number of rotatable bonds is 7. The molecule has 1 aromatic carbocycles. The lowest BCUT2D eigenvalue weighted by molar-refractivity contribution is -0.659. The van der Waals surface area contributed by atoms with Crippen LogP contribution in [0.2, 0.25) is 10.2 Å². The number of alkyl halides is 3. The largest absolute Gasteiger partial charge is 0.433 e. The minimum atomic E-state index is -4.59. The quantitative estimate of drug-likeness (QED) is 0.186. The molecule has 0 bridgehead atoms. The van der Waals surface area contributed by atoms with Crippen LogP contribution in [0.15, 0.2) is 73.6 Å². The second-order valence-electron chi connectivity index (χ2n) is 9.50. The molecule has 1 N–H and O–H groups in total. The van der Waals surface area contributed by atoms with Crippen LogP contribution in [0.5, 0.6) is 0 Å². The van der Waals surface area contributed by atoms with Gasteiger partial charge in [-0.1, -0.05) is 28.1 Å². The standard InChI is InChI=1S/C27H18Cl2F4N10/c1-41-13-18(37-39-41)9-22(42-12-17(11-36-42)15-6-7-34-23(8-15)27(31,32)33)20-4-2-16(10-35-20)25-21(5-3-19(28)26(25)30)43-14-24(29)38-40-43/h2-8,10-14,22H,9H2,1H3/p+1/t22-/m0/s1. The molecule has 0 fully saturated rings. The van der Waals surface area contributed by atoms with Gasteiger partial charge in [-0.2, -0.15) is 18.3 Å². The van der Waals surface area contributed by atoms with E-state index in [1.165, 1.54) is 35.4 Å². The van der Waals surface area contributed by atoms with Crippen molar-refractivity contribution in [2.24, 2.45) is 7.05 Å². The highest BCUT2D eigenvalue weighted by molar-refractivity contribution is 6.31. The number of aromatic nitrogens is 10. The van der Waals surface area contributed by atoms with Crippen molar-refractivity contribution in [2.75, 3.05) is 0 Å². The number of halogens is 6. The molecule has 0 radical (unpaired) electrons. The molecule has 0 aliphatic carbocycles. The first-order valence-corrected chi connectivity index (χ1v) is 13.3. The van der Waals surface area contributed by atoms with E-state index in [9.17, 15) is 13.2 Å². The van der Waals surface area contributed by atoms with Gasteiger partial charge in [-0.3, -0.25) is 19.3 Å². The van der Waals surface area contributed by atoms with E-state index in [1.54, 1.807) is 47.0 Å². The Hall–Kier alpha value is -4.69. The van der Waals surface area contributed by atoms with E-state index in [2.05, 4.69) is 35.7 Å². The number of benzene rings is 1. The molecule has 0 aliphatic heterocycles. The van der Waals surface area contributed by atoms with Gasteiger partial charge >= 0.3 is 11.3 Å². The number of aromatic amines is 1. The molecule has 6 aromatic rings. The molecule has 0 aliphatic rings. The molecule has 43 heavy (non-hydrogen) atoms. The zero-order valence-electron chi connectivity index (χ0n) is 22.0. The summed E-state index contributed by atoms with van der Waals surface area (Å²) in [5.41, 5.74) is 1.92. The van der Waals surface area contributed by atoms with Gasteiger partial charge in [0.15, 0.2) is 17.7 Å². The normalized spacial score (nSPS) is 12.5. The monoisotopic (exact) mass is 629 g/mol. The minimum absolute atomic E-state index is 0.0802. The molecule has 0 spiro atoms. The molecule has 5 heterocycles. The topological polar surface area (TPSA) is 107 Å². The van der Waals surface area contributed by atoms with Gasteiger partial charge in [-0.25, -0.2) is 4.39 Å². The highest BCUT2D eigenvalue weighted by Crippen LogP contribution is 2.34. The number of hydrogen-bond donors (Lipinski definition) is 1. The Morgan fingerprint density at radius 1 is 1.00 bits per heavy atom. The smallest absolute Gasteiger partial charge is 0.263 e. The molecule has 218 valence electrons. The Morgan fingerprint density at radius 2 is 1.84 bits per heavy atom. The van der Waals surface area contributed by atoms with Crippen LogP contribution in [0.25, 0.3) is 27.9 Å². The minimum Gasteiger partial charge on any atom is -0.263 e. The Labute approximate surface area is 250 Å². The van der Waals surface area contributed by atoms with Crippen molar-refractivity contribution in [1.29, 1.82) is 0 Å². The van der Waals surface area contributed by atoms with E-state index in [-0.39, 0.29) is 15.7 Å². The summed E-state index contributed by atoms with van der Waals surface area (Å²) in [6, 6.07) is 8.34. The van der Waals surface area contributed by atoms with Crippen molar-refractivity contribution in [1.82, 2.24) is 45.1 Å². The first kappa shape index (κ1) is 28.4. The lowest BCUT2D eigenvalue weighted by atomic mass is 10.0. The van der Waals surface area contributed by atoms with Gasteiger partial charge in [0.25, 0.3) is 0 Å². The Kier molecular flexibility index (Phi) is 7.40. The molecule has 0 unspecified atom stereocenters. The first-order valence-electron chi connectivity index (χ1n) is 12.6. The SMILES string of the molecule is Cn1cc(C[C@@H](c2ccc(-c3c(-[n+]4cc(Cl)n[nH]4)ccc(Cl)c3F)cn2)n2cc(-c3ccnc(C(F)(F)F)c3)cn2)nn1. The number of pyridine rings is 2. The molecule has 10 nitrogen and oxygen atoms in total. The average Bonchev–Trinajstić information content (AvgIpc) is 3.74. The molecule has 0 saturated heterocycles. The number of aryl methyl sites for hydroxylation is 1. The van der Waals surface area contributed by atoms with E-state index in [1.807, 2.05) is 0 Å². The third-order valence-electron chi connectivity index (χ3n) is 6.61. The zero-order chi connectivity index (χ0) is 30.3. The fourth-order valence-corrected chi connectivity index (χ4v) is 4.89. The summed E-state index contributed by atoms with van der Waals surface area (Å²) in [5, 5.41) is 19.3. The van der Waals surface area contributed by atoms with Crippen LogP contribution in [0, 0.1) is 5.82 Å². The lowest BCUT2D eigenvalue weighted by Crippen LogP contribution is -2.33. The van der Waals surface area contributed by atoms with Gasteiger partial charge in [-0.05, 0) is 47.5 Å². The van der Waals surface area contributed by atoms with Crippen LogP contribution in [0.3, 0.4) is 0 Å². The van der Waals surface area contributed by atoms with E-state index < -0.39 is 23.7 Å². The highest BCUT2D eigenvalue weighted by atomic mass is 35.5. The summed E-state index contributed by atoms with van der Waals surface area (Å²) in [7, 11) is 1.73. The second kappa shape index (κ2) is 11.2. The average molecular weight is 630 g/mol. The summed E-state index contributed by atoms with van der Waals surface area (Å²) in [6.45, 7) is 0. The predicted octanol–water partition coefficient (Wildman–Crippen LogP) is 5.43. The summed E-state index contributed by atoms with van der Waals surface area (Å²) >= 11 is 12.1. The van der Waals surface area contributed by atoms with Crippen molar-refractivity contribution in [3.8, 4) is 27.9 Å². The Bertz CT molecular complexity index is 1910. The molecule has 0 amide bonds. The molecule has 0 saturated carbocycles. The summed E-state index contributed by atoms with van der Waals surface area (Å²) in [4.78, 5) is 8.06. The molecular formula is C27H19Cl2F4N10+. The van der Waals surface area contributed by atoms with Crippen molar-refractivity contribution < 1.29 is 22.2 Å². The van der Waals surface area contributed by atoms with Crippen LogP contribution in [-0.4, -0.2) is 45.1 Å². The summed E-state index contributed by atoms with van der Waals surface area (Å²) in [5.74, 6) is -0.657. The maximum Gasteiger partial charge on any atom is 0.433 e. The molecular weight excluding hydrogens is 611 g/mol. The van der Waals surface area contributed by atoms with Crippen LogP contribution in [0.1, 0.15) is 23.1 Å². The van der Waals surface area contributed by atoms with Gasteiger partial charge < -0.3 is 0 Å². The summed E-state index contributed by atoms with van der Waals surface area (Å²) in [6.07, 6.45) is 4.64. The van der Waals surface area contributed by atoms with Crippen molar-refractivity contribution >= 4 is 23.2 Å². The zero-order valence-corrected chi connectivity index (χ0v) is 23.5. The van der Waals surface area contributed by atoms with Gasteiger partial charge in [-0.15, -0.1) is 9.78 Å². The maximum atomic E-state index is 15.4. The second-order valence-corrected chi connectivity index (χ2v) is 10.3. The van der Waals surface area contributed by atoms with Crippen LogP contribution in [-0.2, 0) is 19.6 Å². The van der Waals surface area contributed by atoms with E-state index >= 15 is 4.39 Å². The van der Waals surface area contributed by atoms with Gasteiger partial charge in [0.05, 0.1) is 39.3 Å². The first-order chi connectivity index (χ1) is 20.6. The van der Waals surface area contributed by atoms with Crippen LogP contribution < -0.4 is 4.68 Å². The molecule has 1 atom stereocenters. The number of nitrogens with zero attached hydrogens (tertiary/aromatic N) is 9. The fraction of sp³-hybridized carbons (Fsp3) is 0.148. The number of H-pyrrole nitrogens is 1. The van der Waals surface area contributed by atoms with Crippen molar-refractivity contribution in [3.63, 3.8) is 0 Å². The van der Waals surface area contributed by atoms with Crippen LogP contribution >= 0.6 is 23.2 Å². The molecule has 5 aromatic heterocycles. The van der Waals surface area contributed by atoms with E-state index in [0.29, 0.717) is 40.2 Å². The van der Waals surface area contributed by atoms with Gasteiger partial charge in [0.1, 0.15) is 5.69 Å². The lowest BCUT2D eigenvalue weighted by Gasteiger charge is -2.17. The maximum absolute atomic E-state index is 15.4. The van der Waals surface area contributed by atoms with Gasteiger partial charge in [0, 0.05) is 49.4 Å². The van der Waals surface area contributed by atoms with Crippen molar-refractivity contribution in [3.05, 3.63) is 107 Å². The Morgan fingerprint density at radius 3 is 2.51 bits per heavy atom. The Balaban J connectivity index is 1.39. The molecule has 16 heteroatoms. The highest BCUT2D eigenvalue weighted by Gasteiger charge is 2.32. The van der Waals surface area contributed by atoms with Crippen LogP contribution in [0.4, 0.5) is 17.6 Å². The summed E-state index contributed by atoms with van der Waals surface area (Å²) < 4.78 is 59.7. The molecule has 6 rings (SSSR count). The fourth-order valence-electron chi connectivity index (χ4n) is 4.60. The van der Waals surface area contributed by atoms with Crippen molar-refractivity contribution in [2.45, 2.75) is 18.6 Å². The van der Waals surface area contributed by atoms with E-state index in [0.717, 1.165) is 12.3 Å². The predicted molar refractivity (Wildman–Crippen MR) is 147 cm³/mol. The number of hydrogen-bond acceptors (Lipinski definition) is 6. The van der Waals surface area contributed by atoms with Gasteiger partial charge in [0.2, 0.25) is 0 Å². The third kappa shape index (κ3) is 5.83. The van der Waals surface area contributed by atoms with E-state index in [4.69, 9.17) is 23.2 Å². The third-order valence-corrected chi connectivity index (χ3v) is 7.08. The number of nitrogens with one attached hydrogen (secondary N) is 1.